The van der Waals surface area contributed by atoms with E-state index >= 15 is 0 Å². The highest BCUT2D eigenvalue weighted by atomic mass is 16.2. The largest absolute Gasteiger partial charge is 0.339 e. The molecule has 0 bridgehead atoms. The molecule has 3 rings (SSSR count). The maximum atomic E-state index is 12.8. The fourth-order valence-corrected chi connectivity index (χ4v) is 4.34. The van der Waals surface area contributed by atoms with Crippen LogP contribution in [0.2, 0.25) is 0 Å². The van der Waals surface area contributed by atoms with Gasteiger partial charge in [0.05, 0.1) is 0 Å². The molecule has 2 heterocycles. The Kier molecular flexibility index (Phi) is 4.48. The minimum absolute atomic E-state index is 0.193. The maximum absolute atomic E-state index is 12.8. The zero-order valence-corrected chi connectivity index (χ0v) is 12.8. The van der Waals surface area contributed by atoms with E-state index in [9.17, 15) is 9.59 Å². The molecule has 2 N–H and O–H groups in total. The van der Waals surface area contributed by atoms with Crippen LogP contribution in [-0.4, -0.2) is 53.8 Å². The van der Waals surface area contributed by atoms with Crippen LogP contribution in [-0.2, 0) is 9.59 Å². The van der Waals surface area contributed by atoms with E-state index in [1.807, 2.05) is 9.80 Å². The number of carbonyl (C=O) groups is 2. The highest BCUT2D eigenvalue weighted by Gasteiger charge is 2.39. The predicted octanol–water partition coefficient (Wildman–Crippen LogP) is 0.975. The van der Waals surface area contributed by atoms with Crippen molar-refractivity contribution in [2.45, 2.75) is 51.0 Å². The molecule has 0 radical (unpaired) electrons. The molecular formula is C16H27N3O2. The molecule has 21 heavy (non-hydrogen) atoms. The van der Waals surface area contributed by atoms with Crippen molar-refractivity contribution in [3.63, 3.8) is 0 Å². The fraction of sp³-hybridized carbons (Fsp3) is 0.875. The molecule has 3 aliphatic rings. The second kappa shape index (κ2) is 6.34. The normalized spacial score (nSPS) is 33.2. The average molecular weight is 293 g/mol. The first-order chi connectivity index (χ1) is 10.2. The molecule has 2 amide bonds. The maximum Gasteiger partial charge on any atom is 0.225 e. The van der Waals surface area contributed by atoms with Gasteiger partial charge in [0.15, 0.2) is 0 Å². The van der Waals surface area contributed by atoms with Gasteiger partial charge in [-0.15, -0.1) is 0 Å². The summed E-state index contributed by atoms with van der Waals surface area (Å²) in [6, 6.07) is 0.277. The molecule has 3 fully saturated rings. The molecule has 0 aromatic rings. The van der Waals surface area contributed by atoms with Crippen molar-refractivity contribution < 1.29 is 9.59 Å². The van der Waals surface area contributed by atoms with Crippen molar-refractivity contribution in [2.24, 2.45) is 17.6 Å². The van der Waals surface area contributed by atoms with Gasteiger partial charge in [0.2, 0.25) is 11.8 Å². The summed E-state index contributed by atoms with van der Waals surface area (Å²) in [4.78, 5) is 28.5. The van der Waals surface area contributed by atoms with Crippen LogP contribution in [0, 0.1) is 11.8 Å². The van der Waals surface area contributed by atoms with Crippen LogP contribution in [0.15, 0.2) is 0 Å². The van der Waals surface area contributed by atoms with Crippen molar-refractivity contribution in [3.8, 4) is 0 Å². The van der Waals surface area contributed by atoms with Gasteiger partial charge in [-0.05, 0) is 38.1 Å². The Labute approximate surface area is 126 Å². The molecule has 0 aromatic carbocycles. The fourth-order valence-electron chi connectivity index (χ4n) is 4.34. The molecule has 5 nitrogen and oxygen atoms in total. The van der Waals surface area contributed by atoms with Crippen LogP contribution in [0.25, 0.3) is 0 Å². The van der Waals surface area contributed by atoms with Crippen molar-refractivity contribution in [2.75, 3.05) is 26.2 Å². The van der Waals surface area contributed by atoms with Gasteiger partial charge in [0, 0.05) is 38.0 Å². The molecule has 0 aromatic heterocycles. The minimum atomic E-state index is 0.193. The van der Waals surface area contributed by atoms with Crippen molar-refractivity contribution >= 4 is 11.8 Å². The summed E-state index contributed by atoms with van der Waals surface area (Å²) >= 11 is 0. The number of rotatable bonds is 3. The summed E-state index contributed by atoms with van der Waals surface area (Å²) in [5.41, 5.74) is 5.66. The zero-order valence-electron chi connectivity index (χ0n) is 12.8. The topological polar surface area (TPSA) is 66.6 Å². The van der Waals surface area contributed by atoms with E-state index in [0.717, 1.165) is 58.3 Å². The summed E-state index contributed by atoms with van der Waals surface area (Å²) in [6.45, 7) is 2.93. The highest BCUT2D eigenvalue weighted by molar-refractivity contribution is 5.81. The number of hydrogen-bond acceptors (Lipinski definition) is 3. The molecule has 2 saturated heterocycles. The van der Waals surface area contributed by atoms with E-state index in [2.05, 4.69) is 0 Å². The second-order valence-corrected chi connectivity index (χ2v) is 6.87. The Morgan fingerprint density at radius 2 is 2.10 bits per heavy atom. The van der Waals surface area contributed by atoms with Gasteiger partial charge in [0.1, 0.15) is 0 Å². The van der Waals surface area contributed by atoms with Crippen LogP contribution in [0.1, 0.15) is 44.9 Å². The molecule has 0 spiro atoms. The number of nitrogens with two attached hydrogens (primary N) is 1. The van der Waals surface area contributed by atoms with Gasteiger partial charge in [-0.3, -0.25) is 9.59 Å². The predicted molar refractivity (Wildman–Crippen MR) is 80.4 cm³/mol. The molecule has 5 heteroatoms. The summed E-state index contributed by atoms with van der Waals surface area (Å²) < 4.78 is 0. The molecule has 1 saturated carbocycles. The lowest BCUT2D eigenvalue weighted by atomic mass is 9.79. The van der Waals surface area contributed by atoms with Crippen LogP contribution >= 0.6 is 0 Å². The summed E-state index contributed by atoms with van der Waals surface area (Å²) in [5.74, 6) is 1.43. The third-order valence-electron chi connectivity index (χ3n) is 5.51. The summed E-state index contributed by atoms with van der Waals surface area (Å²) in [7, 11) is 0. The van der Waals surface area contributed by atoms with Gasteiger partial charge in [0.25, 0.3) is 0 Å². The lowest BCUT2D eigenvalue weighted by Gasteiger charge is -2.40. The Hall–Kier alpha value is -1.10. The van der Waals surface area contributed by atoms with E-state index < -0.39 is 0 Å². The number of fused-ring (bicyclic) bond motifs is 1. The number of nitrogens with zero attached hydrogens (tertiary/aromatic N) is 2. The molecule has 118 valence electrons. The molecule has 1 aliphatic carbocycles. The Morgan fingerprint density at radius 3 is 2.90 bits per heavy atom. The van der Waals surface area contributed by atoms with E-state index in [4.69, 9.17) is 5.73 Å². The molecular weight excluding hydrogens is 266 g/mol. The number of piperazine rings is 1. The van der Waals surface area contributed by atoms with Crippen molar-refractivity contribution in [1.29, 1.82) is 0 Å². The zero-order chi connectivity index (χ0) is 14.8. The van der Waals surface area contributed by atoms with Crippen LogP contribution in [0.5, 0.6) is 0 Å². The second-order valence-electron chi connectivity index (χ2n) is 6.87. The molecule has 3 atom stereocenters. The third kappa shape index (κ3) is 3.07. The Balaban J connectivity index is 1.57. The summed E-state index contributed by atoms with van der Waals surface area (Å²) in [5, 5.41) is 0. The van der Waals surface area contributed by atoms with Gasteiger partial charge >= 0.3 is 0 Å². The van der Waals surface area contributed by atoms with Crippen LogP contribution in [0.4, 0.5) is 0 Å². The first-order valence-corrected chi connectivity index (χ1v) is 8.47. The van der Waals surface area contributed by atoms with Gasteiger partial charge in [-0.2, -0.15) is 0 Å². The summed E-state index contributed by atoms with van der Waals surface area (Å²) in [6.07, 6.45) is 7.06. The first kappa shape index (κ1) is 14.8. The molecule has 2 aliphatic heterocycles. The van der Waals surface area contributed by atoms with Gasteiger partial charge in [-0.1, -0.05) is 12.8 Å². The smallest absolute Gasteiger partial charge is 0.225 e. The first-order valence-electron chi connectivity index (χ1n) is 8.47. The lowest BCUT2D eigenvalue weighted by Crippen LogP contribution is -2.54. The van der Waals surface area contributed by atoms with Crippen molar-refractivity contribution in [3.05, 3.63) is 0 Å². The Bertz CT molecular complexity index is 410. The lowest BCUT2D eigenvalue weighted by molar-refractivity contribution is -0.143. The highest BCUT2D eigenvalue weighted by Crippen LogP contribution is 2.33. The average Bonchev–Trinajstić information content (AvgIpc) is 2.88. The van der Waals surface area contributed by atoms with E-state index in [1.54, 1.807) is 0 Å². The Morgan fingerprint density at radius 1 is 1.24 bits per heavy atom. The minimum Gasteiger partial charge on any atom is -0.339 e. The van der Waals surface area contributed by atoms with E-state index in [-0.39, 0.29) is 17.9 Å². The van der Waals surface area contributed by atoms with Gasteiger partial charge in [-0.25, -0.2) is 0 Å². The van der Waals surface area contributed by atoms with Crippen LogP contribution in [0.3, 0.4) is 0 Å². The number of amides is 2. The third-order valence-corrected chi connectivity index (χ3v) is 5.51. The van der Waals surface area contributed by atoms with E-state index in [0.29, 0.717) is 18.2 Å². The monoisotopic (exact) mass is 293 g/mol. The number of hydrogen-bond donors (Lipinski definition) is 1. The van der Waals surface area contributed by atoms with Crippen LogP contribution < -0.4 is 5.73 Å². The molecule has 3 unspecified atom stereocenters. The standard InChI is InChI=1S/C16H27N3O2/c17-7-6-12-2-1-3-13(10-12)16(21)18-8-9-19-14(11-18)4-5-15(19)20/h12-14H,1-11,17H2. The SMILES string of the molecule is NCCC1CCCC(C(=O)N2CCN3C(=O)CCC3C2)C1. The van der Waals surface area contributed by atoms with Gasteiger partial charge < -0.3 is 15.5 Å². The van der Waals surface area contributed by atoms with E-state index in [1.165, 1.54) is 6.42 Å². The number of carbonyl (C=O) groups excluding carboxylic acids is 2. The quantitative estimate of drug-likeness (QED) is 0.843. The van der Waals surface area contributed by atoms with Crippen molar-refractivity contribution in [1.82, 2.24) is 9.80 Å².